The fraction of sp³-hybridized carbons (Fsp3) is 0.846. The van der Waals surface area contributed by atoms with Gasteiger partial charge in [-0.2, -0.15) is 0 Å². The molecule has 0 saturated carbocycles. The standard InChI is InChI=1S/C13H26N2O3/c1-7-8-9-15(6)11(16)10(2)14-12(17)18-13(3,4)5/h10H,7-9H2,1-6H3,(H,14,17). The molecule has 0 heterocycles. The quantitative estimate of drug-likeness (QED) is 0.822. The molecule has 0 aliphatic heterocycles. The van der Waals surface area contributed by atoms with E-state index in [1.165, 1.54) is 0 Å². The number of unbranched alkanes of at least 4 members (excludes halogenated alkanes) is 1. The highest BCUT2D eigenvalue weighted by molar-refractivity contribution is 5.85. The lowest BCUT2D eigenvalue weighted by Gasteiger charge is -2.24. The van der Waals surface area contributed by atoms with Crippen molar-refractivity contribution in [1.82, 2.24) is 10.2 Å². The molecule has 0 aromatic carbocycles. The van der Waals surface area contributed by atoms with E-state index in [1.807, 2.05) is 0 Å². The van der Waals surface area contributed by atoms with Crippen molar-refractivity contribution in [3.05, 3.63) is 0 Å². The minimum Gasteiger partial charge on any atom is -0.444 e. The monoisotopic (exact) mass is 258 g/mol. The minimum atomic E-state index is -0.568. The van der Waals surface area contributed by atoms with E-state index >= 15 is 0 Å². The van der Waals surface area contributed by atoms with Gasteiger partial charge < -0.3 is 15.0 Å². The number of hydrogen-bond donors (Lipinski definition) is 1. The van der Waals surface area contributed by atoms with Gasteiger partial charge in [0, 0.05) is 13.6 Å². The number of carbonyl (C=O) groups excluding carboxylic acids is 2. The zero-order valence-electron chi connectivity index (χ0n) is 12.4. The second kappa shape index (κ2) is 7.24. The van der Waals surface area contributed by atoms with Crippen LogP contribution < -0.4 is 5.32 Å². The highest BCUT2D eigenvalue weighted by atomic mass is 16.6. The SMILES string of the molecule is CCCCN(C)C(=O)C(C)NC(=O)OC(C)(C)C. The molecule has 0 fully saturated rings. The fourth-order valence-electron chi connectivity index (χ4n) is 1.38. The van der Waals surface area contributed by atoms with Gasteiger partial charge in [0.25, 0.3) is 0 Å². The molecule has 0 rings (SSSR count). The fourth-order valence-corrected chi connectivity index (χ4v) is 1.38. The zero-order valence-corrected chi connectivity index (χ0v) is 12.4. The van der Waals surface area contributed by atoms with Crippen molar-refractivity contribution in [2.75, 3.05) is 13.6 Å². The lowest BCUT2D eigenvalue weighted by Crippen LogP contribution is -2.47. The van der Waals surface area contributed by atoms with Crippen molar-refractivity contribution in [2.45, 2.75) is 59.1 Å². The van der Waals surface area contributed by atoms with Gasteiger partial charge in [-0.05, 0) is 34.1 Å². The Morgan fingerprint density at radius 3 is 2.33 bits per heavy atom. The third-order valence-corrected chi connectivity index (χ3v) is 2.33. The van der Waals surface area contributed by atoms with Crippen molar-refractivity contribution in [3.63, 3.8) is 0 Å². The van der Waals surface area contributed by atoms with E-state index in [-0.39, 0.29) is 5.91 Å². The summed E-state index contributed by atoms with van der Waals surface area (Å²) in [5.41, 5.74) is -0.555. The molecule has 106 valence electrons. The summed E-state index contributed by atoms with van der Waals surface area (Å²) in [4.78, 5) is 25.0. The lowest BCUT2D eigenvalue weighted by atomic mass is 10.2. The maximum atomic E-state index is 11.9. The molecule has 5 nitrogen and oxygen atoms in total. The van der Waals surface area contributed by atoms with Crippen LogP contribution in [-0.4, -0.2) is 42.1 Å². The van der Waals surface area contributed by atoms with E-state index in [2.05, 4.69) is 12.2 Å². The second-order valence-electron chi connectivity index (χ2n) is 5.48. The minimum absolute atomic E-state index is 0.102. The van der Waals surface area contributed by atoms with E-state index in [0.717, 1.165) is 12.8 Å². The molecule has 0 radical (unpaired) electrons. The first-order valence-electron chi connectivity index (χ1n) is 6.42. The molecule has 0 aromatic rings. The van der Waals surface area contributed by atoms with E-state index in [1.54, 1.807) is 39.6 Å². The number of likely N-dealkylation sites (N-methyl/N-ethyl adjacent to an activating group) is 1. The van der Waals surface area contributed by atoms with Crippen LogP contribution in [0.3, 0.4) is 0 Å². The third-order valence-electron chi connectivity index (χ3n) is 2.33. The summed E-state index contributed by atoms with van der Waals surface area (Å²) in [6.45, 7) is 9.79. The average Bonchev–Trinajstić information content (AvgIpc) is 2.21. The van der Waals surface area contributed by atoms with Crippen LogP contribution in [0.25, 0.3) is 0 Å². The number of nitrogens with zero attached hydrogens (tertiary/aromatic N) is 1. The van der Waals surface area contributed by atoms with Crippen molar-refractivity contribution in [1.29, 1.82) is 0 Å². The Morgan fingerprint density at radius 2 is 1.89 bits per heavy atom. The number of amides is 2. The van der Waals surface area contributed by atoms with E-state index in [9.17, 15) is 9.59 Å². The van der Waals surface area contributed by atoms with Crippen LogP contribution in [0.1, 0.15) is 47.5 Å². The molecule has 2 amide bonds. The number of nitrogens with one attached hydrogen (secondary N) is 1. The van der Waals surface area contributed by atoms with E-state index in [4.69, 9.17) is 4.74 Å². The van der Waals surface area contributed by atoms with Gasteiger partial charge in [0.15, 0.2) is 0 Å². The largest absolute Gasteiger partial charge is 0.444 e. The Balaban J connectivity index is 4.19. The molecule has 0 aliphatic carbocycles. The summed E-state index contributed by atoms with van der Waals surface area (Å²) in [6, 6.07) is -0.568. The number of rotatable bonds is 5. The summed E-state index contributed by atoms with van der Waals surface area (Å²) < 4.78 is 5.10. The molecule has 0 spiro atoms. The average molecular weight is 258 g/mol. The van der Waals surface area contributed by atoms with Gasteiger partial charge in [-0.25, -0.2) is 4.79 Å². The van der Waals surface area contributed by atoms with Crippen LogP contribution in [-0.2, 0) is 9.53 Å². The molecule has 1 N–H and O–H groups in total. The summed E-state index contributed by atoms with van der Waals surface area (Å²) in [6.07, 6.45) is 1.43. The summed E-state index contributed by atoms with van der Waals surface area (Å²) >= 11 is 0. The Hall–Kier alpha value is -1.26. The summed E-state index contributed by atoms with van der Waals surface area (Å²) in [7, 11) is 1.74. The number of hydrogen-bond acceptors (Lipinski definition) is 3. The van der Waals surface area contributed by atoms with Crippen LogP contribution in [0.2, 0.25) is 0 Å². The van der Waals surface area contributed by atoms with Gasteiger partial charge in [0.1, 0.15) is 11.6 Å². The normalized spacial score (nSPS) is 12.8. The lowest BCUT2D eigenvalue weighted by molar-refractivity contribution is -0.131. The zero-order chi connectivity index (χ0) is 14.3. The molecule has 1 atom stereocenters. The molecular weight excluding hydrogens is 232 g/mol. The highest BCUT2D eigenvalue weighted by Gasteiger charge is 2.22. The molecular formula is C13H26N2O3. The van der Waals surface area contributed by atoms with Gasteiger partial charge in [0.2, 0.25) is 5.91 Å². The first-order valence-corrected chi connectivity index (χ1v) is 6.42. The van der Waals surface area contributed by atoms with Gasteiger partial charge in [0.05, 0.1) is 0 Å². The van der Waals surface area contributed by atoms with Crippen molar-refractivity contribution in [3.8, 4) is 0 Å². The van der Waals surface area contributed by atoms with Gasteiger partial charge in [-0.3, -0.25) is 4.79 Å². The number of carbonyl (C=O) groups is 2. The van der Waals surface area contributed by atoms with Crippen molar-refractivity contribution >= 4 is 12.0 Å². The van der Waals surface area contributed by atoms with Crippen LogP contribution in [0.5, 0.6) is 0 Å². The first-order chi connectivity index (χ1) is 8.17. The Morgan fingerprint density at radius 1 is 1.33 bits per heavy atom. The van der Waals surface area contributed by atoms with Crippen LogP contribution >= 0.6 is 0 Å². The third kappa shape index (κ3) is 7.14. The molecule has 0 aromatic heterocycles. The molecule has 0 aliphatic rings. The van der Waals surface area contributed by atoms with Gasteiger partial charge in [-0.1, -0.05) is 13.3 Å². The predicted molar refractivity (Wildman–Crippen MR) is 71.4 cm³/mol. The number of alkyl carbamates (subject to hydrolysis) is 1. The Kier molecular flexibility index (Phi) is 6.73. The molecule has 1 unspecified atom stereocenters. The molecule has 0 saturated heterocycles. The maximum absolute atomic E-state index is 11.9. The summed E-state index contributed by atoms with van der Waals surface area (Å²) in [5.74, 6) is -0.102. The summed E-state index contributed by atoms with van der Waals surface area (Å²) in [5, 5.41) is 2.54. The Bertz CT molecular complexity index is 284. The predicted octanol–water partition coefficient (Wildman–Crippen LogP) is 2.16. The van der Waals surface area contributed by atoms with Crippen LogP contribution in [0.4, 0.5) is 4.79 Å². The molecule has 0 bridgehead atoms. The second-order valence-corrected chi connectivity index (χ2v) is 5.48. The van der Waals surface area contributed by atoms with Crippen LogP contribution in [0, 0.1) is 0 Å². The topological polar surface area (TPSA) is 58.6 Å². The van der Waals surface area contributed by atoms with E-state index < -0.39 is 17.7 Å². The van der Waals surface area contributed by atoms with E-state index in [0.29, 0.717) is 6.54 Å². The van der Waals surface area contributed by atoms with Crippen molar-refractivity contribution in [2.24, 2.45) is 0 Å². The van der Waals surface area contributed by atoms with Crippen molar-refractivity contribution < 1.29 is 14.3 Å². The smallest absolute Gasteiger partial charge is 0.408 e. The highest BCUT2D eigenvalue weighted by Crippen LogP contribution is 2.07. The number of ether oxygens (including phenoxy) is 1. The maximum Gasteiger partial charge on any atom is 0.408 e. The molecule has 18 heavy (non-hydrogen) atoms. The van der Waals surface area contributed by atoms with Gasteiger partial charge in [-0.15, -0.1) is 0 Å². The first kappa shape index (κ1) is 16.7. The van der Waals surface area contributed by atoms with Crippen LogP contribution in [0.15, 0.2) is 0 Å². The Labute approximate surface area is 110 Å². The molecule has 5 heteroatoms. The van der Waals surface area contributed by atoms with Gasteiger partial charge >= 0.3 is 6.09 Å².